The van der Waals surface area contributed by atoms with E-state index in [0.29, 0.717) is 26.2 Å². The molecular weight excluding hydrogens is 312 g/mol. The maximum absolute atomic E-state index is 10.6. The lowest BCUT2D eigenvalue weighted by atomic mass is 10.5. The summed E-state index contributed by atoms with van der Waals surface area (Å²) >= 11 is 0. The number of carbonyl (C=O) groups excluding carboxylic acids is 4. The number of carbonyl (C=O) groups is 4. The van der Waals surface area contributed by atoms with Crippen LogP contribution in [0.1, 0.15) is 0 Å². The molecule has 0 bridgehead atoms. The van der Waals surface area contributed by atoms with Gasteiger partial charge in [-0.3, -0.25) is 19.2 Å². The van der Waals surface area contributed by atoms with E-state index in [9.17, 15) is 19.2 Å². The molecule has 0 saturated carbocycles. The van der Waals surface area contributed by atoms with Crippen molar-refractivity contribution in [2.24, 2.45) is 0 Å². The first-order valence-corrected chi connectivity index (χ1v) is 7.02. The Labute approximate surface area is 141 Å². The molecule has 24 heavy (non-hydrogen) atoms. The quantitative estimate of drug-likeness (QED) is 0.308. The molecule has 8 heteroatoms. The molecular formula is C16H24N4O4. The van der Waals surface area contributed by atoms with E-state index in [2.05, 4.69) is 47.6 Å². The van der Waals surface area contributed by atoms with Gasteiger partial charge in [0.1, 0.15) is 0 Å². The predicted octanol–water partition coefficient (Wildman–Crippen LogP) is -0.818. The zero-order valence-electron chi connectivity index (χ0n) is 13.6. The molecule has 0 fully saturated rings. The third-order valence-electron chi connectivity index (χ3n) is 2.19. The van der Waals surface area contributed by atoms with Crippen LogP contribution in [0, 0.1) is 0 Å². The van der Waals surface area contributed by atoms with Crippen molar-refractivity contribution < 1.29 is 19.2 Å². The minimum Gasteiger partial charge on any atom is -0.351 e. The largest absolute Gasteiger partial charge is 0.351 e. The molecule has 0 unspecified atom stereocenters. The maximum Gasteiger partial charge on any atom is 0.243 e. The van der Waals surface area contributed by atoms with Gasteiger partial charge in [0.2, 0.25) is 23.6 Å². The van der Waals surface area contributed by atoms with E-state index in [4.69, 9.17) is 0 Å². The monoisotopic (exact) mass is 336 g/mol. The molecule has 0 spiro atoms. The van der Waals surface area contributed by atoms with Crippen molar-refractivity contribution in [2.75, 3.05) is 26.2 Å². The number of rotatable bonds is 10. The third-order valence-corrected chi connectivity index (χ3v) is 2.19. The van der Waals surface area contributed by atoms with Gasteiger partial charge in [0, 0.05) is 26.2 Å². The van der Waals surface area contributed by atoms with Crippen LogP contribution in [0.4, 0.5) is 0 Å². The van der Waals surface area contributed by atoms with E-state index in [0.717, 1.165) is 0 Å². The summed E-state index contributed by atoms with van der Waals surface area (Å²) in [5.74, 6) is -0.989. The summed E-state index contributed by atoms with van der Waals surface area (Å²) in [5, 5.41) is 10.0. The zero-order valence-corrected chi connectivity index (χ0v) is 13.6. The van der Waals surface area contributed by atoms with E-state index in [1.807, 2.05) is 0 Å². The Balaban J connectivity index is 0. The van der Waals surface area contributed by atoms with Gasteiger partial charge in [-0.15, -0.1) is 0 Å². The lowest BCUT2D eigenvalue weighted by Gasteiger charge is -2.01. The summed E-state index contributed by atoms with van der Waals surface area (Å²) in [5.41, 5.74) is 0. The SMILES string of the molecule is C=CC(=O)NCCNC(=O)C=C.C=CC(=O)NCCNC(=O)C=C. The Hall–Kier alpha value is -3.16. The average Bonchev–Trinajstić information content (AvgIpc) is 2.61. The first-order valence-electron chi connectivity index (χ1n) is 7.02. The van der Waals surface area contributed by atoms with Crippen LogP contribution in [0.2, 0.25) is 0 Å². The van der Waals surface area contributed by atoms with Crippen LogP contribution in [0.15, 0.2) is 50.6 Å². The molecule has 4 amide bonds. The number of hydrogen-bond donors (Lipinski definition) is 4. The van der Waals surface area contributed by atoms with Crippen LogP contribution in [0.3, 0.4) is 0 Å². The minimum atomic E-state index is -0.247. The lowest BCUT2D eigenvalue weighted by Crippen LogP contribution is -2.32. The molecule has 0 aliphatic rings. The topological polar surface area (TPSA) is 116 Å². The van der Waals surface area contributed by atoms with Crippen molar-refractivity contribution in [3.05, 3.63) is 50.6 Å². The van der Waals surface area contributed by atoms with Gasteiger partial charge in [0.05, 0.1) is 0 Å². The van der Waals surface area contributed by atoms with Crippen molar-refractivity contribution in [1.82, 2.24) is 21.3 Å². The highest BCUT2D eigenvalue weighted by Crippen LogP contribution is 1.68. The van der Waals surface area contributed by atoms with Crippen molar-refractivity contribution in [3.63, 3.8) is 0 Å². The summed E-state index contributed by atoms with van der Waals surface area (Å²) in [6, 6.07) is 0. The molecule has 132 valence electrons. The zero-order chi connectivity index (χ0) is 18.8. The first-order chi connectivity index (χ1) is 11.4. The smallest absolute Gasteiger partial charge is 0.243 e. The van der Waals surface area contributed by atoms with E-state index >= 15 is 0 Å². The second-order valence-corrected chi connectivity index (χ2v) is 3.98. The van der Waals surface area contributed by atoms with Crippen LogP contribution in [-0.2, 0) is 19.2 Å². The fourth-order valence-electron chi connectivity index (χ4n) is 1.03. The Morgan fingerprint density at radius 3 is 0.792 bits per heavy atom. The summed E-state index contributed by atoms with van der Waals surface area (Å²) in [6.07, 6.45) is 4.70. The molecule has 0 heterocycles. The van der Waals surface area contributed by atoms with E-state index < -0.39 is 0 Å². The summed E-state index contributed by atoms with van der Waals surface area (Å²) in [6.45, 7) is 14.7. The Morgan fingerprint density at radius 2 is 0.667 bits per heavy atom. The van der Waals surface area contributed by atoms with Gasteiger partial charge in [-0.05, 0) is 24.3 Å². The molecule has 0 aliphatic carbocycles. The van der Waals surface area contributed by atoms with Gasteiger partial charge in [0.15, 0.2) is 0 Å². The third kappa shape index (κ3) is 16.9. The summed E-state index contributed by atoms with van der Waals surface area (Å²) in [7, 11) is 0. The van der Waals surface area contributed by atoms with Gasteiger partial charge in [0.25, 0.3) is 0 Å². The molecule has 4 N–H and O–H groups in total. The van der Waals surface area contributed by atoms with Crippen LogP contribution >= 0.6 is 0 Å². The lowest BCUT2D eigenvalue weighted by molar-refractivity contribution is -0.118. The Kier molecular flexibility index (Phi) is 15.6. The maximum atomic E-state index is 10.6. The average molecular weight is 336 g/mol. The van der Waals surface area contributed by atoms with Gasteiger partial charge in [-0.2, -0.15) is 0 Å². The van der Waals surface area contributed by atoms with Crippen LogP contribution in [0.25, 0.3) is 0 Å². The van der Waals surface area contributed by atoms with Crippen LogP contribution in [-0.4, -0.2) is 49.8 Å². The fraction of sp³-hybridized carbons (Fsp3) is 0.250. The number of hydrogen-bond acceptors (Lipinski definition) is 4. The molecule has 8 nitrogen and oxygen atoms in total. The van der Waals surface area contributed by atoms with Crippen molar-refractivity contribution in [3.8, 4) is 0 Å². The summed E-state index contributed by atoms with van der Waals surface area (Å²) in [4.78, 5) is 42.3. The summed E-state index contributed by atoms with van der Waals surface area (Å²) < 4.78 is 0. The van der Waals surface area contributed by atoms with Gasteiger partial charge >= 0.3 is 0 Å². The van der Waals surface area contributed by atoms with Crippen molar-refractivity contribution in [2.45, 2.75) is 0 Å². The highest BCUT2D eigenvalue weighted by Gasteiger charge is 1.94. The van der Waals surface area contributed by atoms with Gasteiger partial charge in [-0.1, -0.05) is 26.3 Å². The second kappa shape index (κ2) is 16.2. The number of amides is 4. The molecule has 0 radical (unpaired) electrons. The van der Waals surface area contributed by atoms with Crippen molar-refractivity contribution in [1.29, 1.82) is 0 Å². The Morgan fingerprint density at radius 1 is 0.500 bits per heavy atom. The second-order valence-electron chi connectivity index (χ2n) is 3.98. The van der Waals surface area contributed by atoms with Gasteiger partial charge in [-0.25, -0.2) is 0 Å². The van der Waals surface area contributed by atoms with Crippen LogP contribution in [0.5, 0.6) is 0 Å². The van der Waals surface area contributed by atoms with Crippen molar-refractivity contribution >= 4 is 23.6 Å². The standard InChI is InChI=1S/2C8H12N2O2/c2*1-3-7(11)9-5-6-10-8(12)4-2/h2*3-4H,1-2,5-6H2,(H,9,11)(H,10,12). The number of nitrogens with one attached hydrogen (secondary N) is 4. The Bertz CT molecular complexity index is 398. The molecule has 0 aromatic heterocycles. The van der Waals surface area contributed by atoms with E-state index in [-0.39, 0.29) is 23.6 Å². The van der Waals surface area contributed by atoms with Crippen LogP contribution < -0.4 is 21.3 Å². The van der Waals surface area contributed by atoms with Gasteiger partial charge < -0.3 is 21.3 Å². The van der Waals surface area contributed by atoms with E-state index in [1.165, 1.54) is 24.3 Å². The van der Waals surface area contributed by atoms with E-state index in [1.54, 1.807) is 0 Å². The highest BCUT2D eigenvalue weighted by atomic mass is 16.2. The molecule has 0 aromatic carbocycles. The molecule has 0 atom stereocenters. The molecule has 0 saturated heterocycles. The molecule has 0 rings (SSSR count). The minimum absolute atomic E-state index is 0.247. The molecule has 0 aromatic rings. The predicted molar refractivity (Wildman–Crippen MR) is 92.8 cm³/mol. The highest BCUT2D eigenvalue weighted by molar-refractivity contribution is 5.88. The normalized spacial score (nSPS) is 8.33. The first kappa shape index (κ1) is 23.1. The molecule has 0 aliphatic heterocycles. The fourth-order valence-corrected chi connectivity index (χ4v) is 1.03.